The first-order valence-electron chi connectivity index (χ1n) is 12.6. The molecule has 1 saturated carbocycles. The van der Waals surface area contributed by atoms with Crippen LogP contribution in [-0.4, -0.2) is 49.2 Å². The van der Waals surface area contributed by atoms with Crippen LogP contribution in [0, 0.1) is 0 Å². The number of hydrogen-bond donors (Lipinski definition) is 0. The van der Waals surface area contributed by atoms with Gasteiger partial charge in [-0.25, -0.2) is 13.8 Å². The summed E-state index contributed by atoms with van der Waals surface area (Å²) in [5, 5.41) is 9.59. The van der Waals surface area contributed by atoms with Crippen LogP contribution in [0.25, 0.3) is 5.69 Å². The lowest BCUT2D eigenvalue weighted by atomic mass is 9.73. The Morgan fingerprint density at radius 2 is 1.74 bits per heavy atom. The minimum atomic E-state index is -4.50. The highest BCUT2D eigenvalue weighted by atomic mass is 35.5. The molecule has 202 valence electrons. The summed E-state index contributed by atoms with van der Waals surface area (Å²) < 4.78 is 69.2. The van der Waals surface area contributed by atoms with E-state index in [9.17, 15) is 22.0 Å². The van der Waals surface area contributed by atoms with Crippen molar-refractivity contribution in [1.29, 1.82) is 0 Å². The number of pyridine rings is 1. The summed E-state index contributed by atoms with van der Waals surface area (Å²) in [6, 6.07) is 9.52. The fraction of sp³-hybridized carbons (Fsp3) is 0.500. The first kappa shape index (κ1) is 25.5. The average Bonchev–Trinajstić information content (AvgIpc) is 3.18. The maximum Gasteiger partial charge on any atom is 0.433 e. The van der Waals surface area contributed by atoms with Gasteiger partial charge in [-0.1, -0.05) is 17.7 Å². The second-order valence-corrected chi connectivity index (χ2v) is 11.2. The van der Waals surface area contributed by atoms with E-state index in [0.29, 0.717) is 55.7 Å². The third kappa shape index (κ3) is 4.53. The Bertz CT molecular complexity index is 1360. The van der Waals surface area contributed by atoms with E-state index in [0.717, 1.165) is 23.1 Å². The Labute approximate surface area is 221 Å². The molecule has 4 heterocycles. The lowest BCUT2D eigenvalue weighted by Gasteiger charge is -2.51. The van der Waals surface area contributed by atoms with Gasteiger partial charge in [-0.3, -0.25) is 9.47 Å². The molecular formula is C26H26ClF5N6. The molecule has 2 aromatic heterocycles. The summed E-state index contributed by atoms with van der Waals surface area (Å²) in [6.07, 6.45) is -3.60. The molecule has 2 fully saturated rings. The molecule has 0 atom stereocenters. The molecular weight excluding hydrogens is 527 g/mol. The Morgan fingerprint density at radius 3 is 2.42 bits per heavy atom. The average molecular weight is 553 g/mol. The van der Waals surface area contributed by atoms with E-state index >= 15 is 0 Å². The van der Waals surface area contributed by atoms with Crippen molar-refractivity contribution in [3.63, 3.8) is 0 Å². The highest BCUT2D eigenvalue weighted by molar-refractivity contribution is 6.30. The van der Waals surface area contributed by atoms with Gasteiger partial charge in [0.25, 0.3) is 5.92 Å². The Morgan fingerprint density at radius 1 is 1.00 bits per heavy atom. The van der Waals surface area contributed by atoms with Crippen LogP contribution in [0.1, 0.15) is 61.4 Å². The zero-order chi connectivity index (χ0) is 26.9. The molecule has 3 aromatic rings. The molecule has 1 saturated heterocycles. The van der Waals surface area contributed by atoms with Crippen LogP contribution in [0.15, 0.2) is 36.4 Å². The molecule has 0 amide bonds. The first-order chi connectivity index (χ1) is 17.9. The number of piperidine rings is 1. The summed E-state index contributed by atoms with van der Waals surface area (Å²) in [5.41, 5.74) is 0.230. The zero-order valence-electron chi connectivity index (χ0n) is 20.6. The van der Waals surface area contributed by atoms with Gasteiger partial charge in [0.15, 0.2) is 5.82 Å². The highest BCUT2D eigenvalue weighted by Crippen LogP contribution is 2.50. The minimum absolute atomic E-state index is 0.0250. The molecule has 0 bridgehead atoms. The second kappa shape index (κ2) is 8.87. The van der Waals surface area contributed by atoms with Crippen LogP contribution in [-0.2, 0) is 19.3 Å². The standard InChI is InChI=1S/C26H26ClF5N6/c1-24(14-25(28,29)15-24)37-12-17-11-18(27)5-6-19(17)38-22(13-37)34-35-23(38)16-7-9-36(10-8-16)21-4-2-3-20(33-21)26(30,31)32/h2-6,11,16H,7-10,12-15H2,1H3. The number of hydrogen-bond acceptors (Lipinski definition) is 5. The van der Waals surface area contributed by atoms with Gasteiger partial charge >= 0.3 is 6.18 Å². The van der Waals surface area contributed by atoms with E-state index in [2.05, 4.69) is 15.2 Å². The number of benzene rings is 1. The lowest BCUT2D eigenvalue weighted by Crippen LogP contribution is -2.59. The molecule has 6 rings (SSSR count). The lowest BCUT2D eigenvalue weighted by molar-refractivity contribution is -0.173. The number of halogens is 6. The van der Waals surface area contributed by atoms with E-state index in [1.54, 1.807) is 12.1 Å². The van der Waals surface area contributed by atoms with Crippen LogP contribution in [0.2, 0.25) is 5.02 Å². The second-order valence-electron chi connectivity index (χ2n) is 10.8. The van der Waals surface area contributed by atoms with Gasteiger partial charge in [0.1, 0.15) is 17.3 Å². The van der Waals surface area contributed by atoms with Gasteiger partial charge in [0.2, 0.25) is 0 Å². The Kier molecular flexibility index (Phi) is 5.95. The Balaban J connectivity index is 1.27. The van der Waals surface area contributed by atoms with E-state index in [-0.39, 0.29) is 18.8 Å². The van der Waals surface area contributed by atoms with Crippen molar-refractivity contribution in [2.75, 3.05) is 18.0 Å². The molecule has 0 N–H and O–H groups in total. The Hall–Kier alpha value is -2.79. The first-order valence-corrected chi connectivity index (χ1v) is 12.9. The molecule has 12 heteroatoms. The number of alkyl halides is 5. The van der Waals surface area contributed by atoms with E-state index < -0.39 is 23.3 Å². The molecule has 3 aliphatic rings. The molecule has 38 heavy (non-hydrogen) atoms. The monoisotopic (exact) mass is 552 g/mol. The third-order valence-corrected chi connectivity index (χ3v) is 8.22. The molecule has 1 aromatic carbocycles. The normalized spacial score (nSPS) is 21.4. The van der Waals surface area contributed by atoms with Gasteiger partial charge in [0.05, 0.1) is 12.2 Å². The number of fused-ring (bicyclic) bond motifs is 3. The number of nitrogens with zero attached hydrogens (tertiary/aromatic N) is 6. The molecule has 6 nitrogen and oxygen atoms in total. The predicted octanol–water partition coefficient (Wildman–Crippen LogP) is 6.22. The topological polar surface area (TPSA) is 50.1 Å². The van der Waals surface area contributed by atoms with Crippen molar-refractivity contribution in [2.24, 2.45) is 0 Å². The van der Waals surface area contributed by atoms with Gasteiger partial charge < -0.3 is 4.90 Å². The van der Waals surface area contributed by atoms with Crippen molar-refractivity contribution in [2.45, 2.75) is 69.3 Å². The largest absolute Gasteiger partial charge is 0.433 e. The van der Waals surface area contributed by atoms with Gasteiger partial charge in [-0.15, -0.1) is 10.2 Å². The molecule has 0 spiro atoms. The van der Waals surface area contributed by atoms with Gasteiger partial charge in [-0.2, -0.15) is 13.2 Å². The molecule has 0 unspecified atom stereocenters. The van der Waals surface area contributed by atoms with Crippen molar-refractivity contribution in [3.05, 3.63) is 64.3 Å². The quantitative estimate of drug-likeness (QED) is 0.361. The fourth-order valence-corrected chi connectivity index (χ4v) is 6.28. The fourth-order valence-electron chi connectivity index (χ4n) is 6.08. The summed E-state index contributed by atoms with van der Waals surface area (Å²) in [7, 11) is 0. The zero-order valence-corrected chi connectivity index (χ0v) is 21.4. The predicted molar refractivity (Wildman–Crippen MR) is 132 cm³/mol. The number of rotatable bonds is 3. The molecule has 1 aliphatic carbocycles. The van der Waals surface area contributed by atoms with Crippen LogP contribution < -0.4 is 4.90 Å². The van der Waals surface area contributed by atoms with Crippen LogP contribution in [0.3, 0.4) is 0 Å². The molecule has 2 aliphatic heterocycles. The van der Waals surface area contributed by atoms with Crippen LogP contribution in [0.5, 0.6) is 0 Å². The van der Waals surface area contributed by atoms with Crippen molar-refractivity contribution in [3.8, 4) is 5.69 Å². The maximum absolute atomic E-state index is 13.9. The summed E-state index contributed by atoms with van der Waals surface area (Å²) >= 11 is 6.33. The third-order valence-electron chi connectivity index (χ3n) is 7.98. The van der Waals surface area contributed by atoms with E-state index in [4.69, 9.17) is 11.6 Å². The van der Waals surface area contributed by atoms with Crippen molar-refractivity contribution < 1.29 is 22.0 Å². The van der Waals surface area contributed by atoms with Crippen molar-refractivity contribution >= 4 is 17.4 Å². The highest BCUT2D eigenvalue weighted by Gasteiger charge is 2.57. The van der Waals surface area contributed by atoms with E-state index in [1.807, 2.05) is 33.4 Å². The van der Waals surface area contributed by atoms with Crippen molar-refractivity contribution in [1.82, 2.24) is 24.6 Å². The summed E-state index contributed by atoms with van der Waals surface area (Å²) in [6.45, 7) is 3.74. The van der Waals surface area contributed by atoms with E-state index in [1.165, 1.54) is 6.07 Å². The van der Waals surface area contributed by atoms with Crippen LogP contribution >= 0.6 is 11.6 Å². The smallest absolute Gasteiger partial charge is 0.357 e. The number of aromatic nitrogens is 4. The number of anilines is 1. The SMILES string of the molecule is CC1(N2Cc3cc(Cl)ccc3-n3c(nnc3C3CCN(c4cccc(C(F)(F)F)n4)CC3)C2)CC(F)(F)C1. The van der Waals surface area contributed by atoms with Crippen LogP contribution in [0.4, 0.5) is 27.8 Å². The maximum atomic E-state index is 13.9. The summed E-state index contributed by atoms with van der Waals surface area (Å²) in [4.78, 5) is 7.73. The minimum Gasteiger partial charge on any atom is -0.357 e. The molecule has 0 radical (unpaired) electrons. The summed E-state index contributed by atoms with van der Waals surface area (Å²) in [5.74, 6) is -0.887. The van der Waals surface area contributed by atoms with Gasteiger partial charge in [0, 0.05) is 49.0 Å². The van der Waals surface area contributed by atoms with Gasteiger partial charge in [-0.05, 0) is 55.7 Å².